The molecule has 0 aliphatic carbocycles. The number of carboxylic acids is 1. The van der Waals surface area contributed by atoms with Gasteiger partial charge in [0, 0.05) is 29.3 Å². The zero-order chi connectivity index (χ0) is 25.8. The Morgan fingerprint density at radius 1 is 1.14 bits per heavy atom. The summed E-state index contributed by atoms with van der Waals surface area (Å²) in [4.78, 5) is 26.2. The van der Waals surface area contributed by atoms with E-state index in [0.717, 1.165) is 23.9 Å². The molecule has 0 unspecified atom stereocenters. The third kappa shape index (κ3) is 5.36. The summed E-state index contributed by atoms with van der Waals surface area (Å²) < 4.78 is 29.7. The number of benzene rings is 2. The summed E-state index contributed by atoms with van der Waals surface area (Å²) in [6.45, 7) is 0. The second-order valence-corrected chi connectivity index (χ2v) is 8.12. The third-order valence-corrected chi connectivity index (χ3v) is 5.71. The maximum Gasteiger partial charge on any atom is 0.342 e. The molecule has 0 aliphatic heterocycles. The zero-order valence-corrected chi connectivity index (χ0v) is 19.5. The molecule has 0 radical (unpaired) electrons. The fourth-order valence-electron chi connectivity index (χ4n) is 3.12. The lowest BCUT2D eigenvalue weighted by atomic mass is 10.1. The average Bonchev–Trinajstić information content (AvgIpc) is 3.53. The summed E-state index contributed by atoms with van der Waals surface area (Å²) in [5.74, 6) is -0.399. The van der Waals surface area contributed by atoms with Crippen LogP contribution in [0.4, 0.5) is 10.1 Å². The molecule has 0 amide bonds. The Morgan fingerprint density at radius 3 is 2.50 bits per heavy atom. The number of nitrogens with one attached hydrogen (secondary N) is 1. The monoisotopic (exact) mass is 512 g/mol. The van der Waals surface area contributed by atoms with Gasteiger partial charge in [0.05, 0.1) is 19.1 Å². The standard InChI is InChI=1S/C23H17FN4O7S/c1-33-15-7-13(8-16(10-15)34-2)21-25-23(27-26-21)36-20(22(29)30)11-14-4-6-19(35-14)12-3-5-17(24)18(9-12)28(31)32/h3-11H,1-2H3,(H,29,30)(H,25,26,27)/b20-11-. The highest BCUT2D eigenvalue weighted by Crippen LogP contribution is 2.32. The molecule has 11 nitrogen and oxygen atoms in total. The van der Waals surface area contributed by atoms with E-state index in [4.69, 9.17) is 13.9 Å². The van der Waals surface area contributed by atoms with E-state index in [-0.39, 0.29) is 27.1 Å². The van der Waals surface area contributed by atoms with E-state index in [2.05, 4.69) is 15.2 Å². The van der Waals surface area contributed by atoms with Crippen LogP contribution < -0.4 is 9.47 Å². The number of rotatable bonds is 9. The largest absolute Gasteiger partial charge is 0.497 e. The first-order valence-electron chi connectivity index (χ1n) is 10.1. The fraction of sp³-hybridized carbons (Fsp3) is 0.0870. The molecule has 2 heterocycles. The number of aromatic amines is 1. The Morgan fingerprint density at radius 2 is 1.86 bits per heavy atom. The molecule has 0 fully saturated rings. The lowest BCUT2D eigenvalue weighted by molar-refractivity contribution is -0.387. The molecule has 0 spiro atoms. The molecule has 184 valence electrons. The number of nitro benzene ring substituents is 1. The van der Waals surface area contributed by atoms with Crippen LogP contribution in [0.3, 0.4) is 0 Å². The molecule has 13 heteroatoms. The number of ether oxygens (including phenoxy) is 2. The minimum Gasteiger partial charge on any atom is -0.497 e. The molecule has 0 saturated heterocycles. The van der Waals surface area contributed by atoms with Gasteiger partial charge in [-0.05, 0) is 48.2 Å². The van der Waals surface area contributed by atoms with E-state index >= 15 is 0 Å². The Bertz CT molecular complexity index is 1460. The number of nitrogens with zero attached hydrogens (tertiary/aromatic N) is 3. The Kier molecular flexibility index (Phi) is 7.01. The number of aromatic nitrogens is 3. The SMILES string of the molecule is COc1cc(OC)cc(-c2nc(S/C(=C\c3ccc(-c4ccc(F)c([N+](=O)[O-])c4)o3)C(=O)O)n[nH]2)c1. The highest BCUT2D eigenvalue weighted by molar-refractivity contribution is 8.04. The van der Waals surface area contributed by atoms with E-state index in [9.17, 15) is 24.4 Å². The van der Waals surface area contributed by atoms with Gasteiger partial charge in [-0.15, -0.1) is 5.10 Å². The first-order chi connectivity index (χ1) is 17.3. The maximum absolute atomic E-state index is 13.6. The van der Waals surface area contributed by atoms with Gasteiger partial charge in [-0.1, -0.05) is 0 Å². The van der Waals surface area contributed by atoms with Gasteiger partial charge in [0.2, 0.25) is 11.0 Å². The van der Waals surface area contributed by atoms with Crippen molar-refractivity contribution in [2.75, 3.05) is 14.2 Å². The number of methoxy groups -OCH3 is 2. The van der Waals surface area contributed by atoms with Crippen molar-refractivity contribution in [3.8, 4) is 34.2 Å². The van der Waals surface area contributed by atoms with Crippen molar-refractivity contribution in [1.82, 2.24) is 15.2 Å². The number of hydrogen-bond acceptors (Lipinski definition) is 9. The van der Waals surface area contributed by atoms with Crippen molar-refractivity contribution in [3.05, 3.63) is 75.1 Å². The lowest BCUT2D eigenvalue weighted by Gasteiger charge is -2.06. The summed E-state index contributed by atoms with van der Waals surface area (Å²) in [5.41, 5.74) is 0.187. The van der Waals surface area contributed by atoms with Crippen molar-refractivity contribution >= 4 is 29.5 Å². The molecule has 0 saturated carbocycles. The van der Waals surface area contributed by atoms with Gasteiger partial charge in [0.15, 0.2) is 5.82 Å². The number of aliphatic carboxylic acids is 1. The number of H-pyrrole nitrogens is 1. The normalized spacial score (nSPS) is 11.4. The number of carboxylic acid groups (broad SMARTS) is 1. The number of thioether (sulfide) groups is 1. The van der Waals surface area contributed by atoms with Gasteiger partial charge in [0.1, 0.15) is 27.9 Å². The molecular weight excluding hydrogens is 495 g/mol. The molecular formula is C23H17FN4O7S. The molecule has 2 aromatic carbocycles. The Labute approximate surface area is 206 Å². The van der Waals surface area contributed by atoms with Gasteiger partial charge >= 0.3 is 11.7 Å². The highest BCUT2D eigenvalue weighted by Gasteiger charge is 2.18. The van der Waals surface area contributed by atoms with Gasteiger partial charge in [-0.2, -0.15) is 4.39 Å². The number of hydrogen-bond donors (Lipinski definition) is 2. The van der Waals surface area contributed by atoms with Crippen LogP contribution in [0.15, 0.2) is 63.0 Å². The van der Waals surface area contributed by atoms with Crippen molar-refractivity contribution < 1.29 is 33.1 Å². The van der Waals surface area contributed by atoms with Crippen LogP contribution in [0.5, 0.6) is 11.5 Å². The van der Waals surface area contributed by atoms with E-state index in [0.29, 0.717) is 22.9 Å². The second kappa shape index (κ2) is 10.3. The molecule has 36 heavy (non-hydrogen) atoms. The van der Waals surface area contributed by atoms with Crippen molar-refractivity contribution in [1.29, 1.82) is 0 Å². The summed E-state index contributed by atoms with van der Waals surface area (Å²) in [6.07, 6.45) is 1.26. The number of furan rings is 1. The molecule has 4 aromatic rings. The topological polar surface area (TPSA) is 154 Å². The number of halogens is 1. The first kappa shape index (κ1) is 24.5. The average molecular weight is 512 g/mol. The quantitative estimate of drug-likeness (QED) is 0.135. The van der Waals surface area contributed by atoms with Gasteiger partial charge < -0.3 is 19.0 Å². The van der Waals surface area contributed by atoms with E-state index in [1.165, 1.54) is 38.5 Å². The Hall–Kier alpha value is -4.65. The smallest absolute Gasteiger partial charge is 0.342 e. The Balaban J connectivity index is 1.58. The van der Waals surface area contributed by atoms with Gasteiger partial charge in [-0.3, -0.25) is 15.2 Å². The summed E-state index contributed by atoms with van der Waals surface area (Å²) in [7, 11) is 3.03. The first-order valence-corrected chi connectivity index (χ1v) is 10.9. The third-order valence-electron chi connectivity index (χ3n) is 4.83. The van der Waals surface area contributed by atoms with Crippen LogP contribution in [0.1, 0.15) is 5.76 Å². The summed E-state index contributed by atoms with van der Waals surface area (Å²) in [6, 6.07) is 11.4. The van der Waals surface area contributed by atoms with Crippen molar-refractivity contribution in [2.24, 2.45) is 0 Å². The predicted octanol–water partition coefficient (Wildman–Crippen LogP) is 5.01. The van der Waals surface area contributed by atoms with E-state index in [1.807, 2.05) is 0 Å². The second-order valence-electron chi connectivity index (χ2n) is 7.11. The summed E-state index contributed by atoms with van der Waals surface area (Å²) in [5, 5.41) is 27.6. The van der Waals surface area contributed by atoms with Crippen molar-refractivity contribution in [2.45, 2.75) is 5.16 Å². The van der Waals surface area contributed by atoms with Gasteiger partial charge in [-0.25, -0.2) is 9.78 Å². The molecule has 0 bridgehead atoms. The van der Waals surface area contributed by atoms with Gasteiger partial charge in [0.25, 0.3) is 0 Å². The van der Waals surface area contributed by atoms with E-state index < -0.39 is 22.4 Å². The number of carbonyl (C=O) groups is 1. The van der Waals surface area contributed by atoms with Crippen LogP contribution in [0, 0.1) is 15.9 Å². The molecule has 0 aliphatic rings. The van der Waals surface area contributed by atoms with Crippen molar-refractivity contribution in [3.63, 3.8) is 0 Å². The lowest BCUT2D eigenvalue weighted by Crippen LogP contribution is -1.97. The fourth-order valence-corrected chi connectivity index (χ4v) is 3.81. The number of nitro groups is 1. The minimum absolute atomic E-state index is 0.140. The molecule has 2 aromatic heterocycles. The van der Waals surface area contributed by atoms with Crippen LogP contribution in [-0.4, -0.2) is 45.4 Å². The van der Waals surface area contributed by atoms with E-state index in [1.54, 1.807) is 18.2 Å². The van der Waals surface area contributed by atoms with Crippen LogP contribution in [0.2, 0.25) is 0 Å². The minimum atomic E-state index is -1.25. The van der Waals surface area contributed by atoms with Crippen LogP contribution in [-0.2, 0) is 4.79 Å². The maximum atomic E-state index is 13.6. The zero-order valence-electron chi connectivity index (χ0n) is 18.7. The summed E-state index contributed by atoms with van der Waals surface area (Å²) >= 11 is 0.787. The van der Waals surface area contributed by atoms with Crippen LogP contribution >= 0.6 is 11.8 Å². The highest BCUT2D eigenvalue weighted by atomic mass is 32.2. The predicted molar refractivity (Wildman–Crippen MR) is 127 cm³/mol. The van der Waals surface area contributed by atoms with Crippen LogP contribution in [0.25, 0.3) is 28.8 Å². The molecule has 0 atom stereocenters. The molecule has 2 N–H and O–H groups in total. The molecule has 4 rings (SSSR count).